The van der Waals surface area contributed by atoms with E-state index in [0.717, 1.165) is 5.56 Å². The molecular formula is C12H17NO2. The van der Waals surface area contributed by atoms with Crippen molar-refractivity contribution >= 4 is 11.7 Å². The van der Waals surface area contributed by atoms with Gasteiger partial charge in [0, 0.05) is 5.69 Å². The van der Waals surface area contributed by atoms with Crippen molar-refractivity contribution in [2.24, 2.45) is 5.92 Å². The van der Waals surface area contributed by atoms with E-state index in [0.29, 0.717) is 23.8 Å². The quantitative estimate of drug-likeness (QED) is 0.611. The highest BCUT2D eigenvalue weighted by atomic mass is 16.5. The number of nitrogens with two attached hydrogens (primary N) is 1. The molecule has 0 heterocycles. The average molecular weight is 207 g/mol. The number of benzene rings is 1. The fourth-order valence-electron chi connectivity index (χ4n) is 1.13. The number of ether oxygens (including phenoxy) is 1. The number of esters is 1. The van der Waals surface area contributed by atoms with Crippen LogP contribution in [0.3, 0.4) is 0 Å². The van der Waals surface area contributed by atoms with Gasteiger partial charge in [-0.25, -0.2) is 4.79 Å². The van der Waals surface area contributed by atoms with E-state index in [2.05, 4.69) is 0 Å². The maximum Gasteiger partial charge on any atom is 0.338 e. The summed E-state index contributed by atoms with van der Waals surface area (Å²) < 4.78 is 5.10. The van der Waals surface area contributed by atoms with Crippen LogP contribution < -0.4 is 5.73 Å². The third-order valence-electron chi connectivity index (χ3n) is 2.05. The lowest BCUT2D eigenvalue weighted by atomic mass is 10.1. The average Bonchev–Trinajstić information content (AvgIpc) is 2.18. The lowest BCUT2D eigenvalue weighted by Crippen LogP contribution is -2.10. The first-order valence-corrected chi connectivity index (χ1v) is 5.04. The molecule has 0 unspecified atom stereocenters. The van der Waals surface area contributed by atoms with Crippen LogP contribution in [0, 0.1) is 12.8 Å². The number of carbonyl (C=O) groups excluding carboxylic acids is 1. The van der Waals surface area contributed by atoms with Crippen molar-refractivity contribution in [2.45, 2.75) is 20.8 Å². The summed E-state index contributed by atoms with van der Waals surface area (Å²) >= 11 is 0. The molecule has 0 fully saturated rings. The van der Waals surface area contributed by atoms with Gasteiger partial charge in [-0.2, -0.15) is 0 Å². The zero-order valence-electron chi connectivity index (χ0n) is 9.41. The number of anilines is 1. The highest BCUT2D eigenvalue weighted by molar-refractivity contribution is 5.90. The lowest BCUT2D eigenvalue weighted by molar-refractivity contribution is 0.0459. The van der Waals surface area contributed by atoms with Crippen LogP contribution in [0.5, 0.6) is 0 Å². The molecule has 0 radical (unpaired) electrons. The van der Waals surface area contributed by atoms with Crippen molar-refractivity contribution in [2.75, 3.05) is 12.3 Å². The molecule has 0 aliphatic heterocycles. The Morgan fingerprint density at radius 3 is 2.67 bits per heavy atom. The minimum absolute atomic E-state index is 0.285. The summed E-state index contributed by atoms with van der Waals surface area (Å²) in [5, 5.41) is 0. The predicted molar refractivity (Wildman–Crippen MR) is 60.7 cm³/mol. The number of hydrogen-bond acceptors (Lipinski definition) is 3. The van der Waals surface area contributed by atoms with E-state index in [1.165, 1.54) is 0 Å². The summed E-state index contributed by atoms with van der Waals surface area (Å²) in [6.07, 6.45) is 0. The van der Waals surface area contributed by atoms with Gasteiger partial charge >= 0.3 is 5.97 Å². The SMILES string of the molecule is Cc1cc(C(=O)OCC(C)C)ccc1N. The van der Waals surface area contributed by atoms with Crippen molar-refractivity contribution in [1.82, 2.24) is 0 Å². The van der Waals surface area contributed by atoms with Crippen molar-refractivity contribution < 1.29 is 9.53 Å². The van der Waals surface area contributed by atoms with Gasteiger partial charge in [-0.1, -0.05) is 13.8 Å². The minimum atomic E-state index is -0.285. The topological polar surface area (TPSA) is 52.3 Å². The molecule has 0 aliphatic rings. The smallest absolute Gasteiger partial charge is 0.338 e. The maximum atomic E-state index is 11.5. The van der Waals surface area contributed by atoms with Crippen molar-refractivity contribution in [3.8, 4) is 0 Å². The molecule has 1 aromatic rings. The van der Waals surface area contributed by atoms with Crippen molar-refractivity contribution in [3.63, 3.8) is 0 Å². The Balaban J connectivity index is 2.70. The lowest BCUT2D eigenvalue weighted by Gasteiger charge is -2.08. The van der Waals surface area contributed by atoms with Crippen LogP contribution >= 0.6 is 0 Å². The monoisotopic (exact) mass is 207 g/mol. The summed E-state index contributed by atoms with van der Waals surface area (Å²) in [7, 11) is 0. The Labute approximate surface area is 90.2 Å². The Bertz CT molecular complexity index is 359. The number of aryl methyl sites for hydroxylation is 1. The van der Waals surface area contributed by atoms with Crippen LogP contribution in [0.1, 0.15) is 29.8 Å². The summed E-state index contributed by atoms with van der Waals surface area (Å²) in [5.41, 5.74) is 7.80. The van der Waals surface area contributed by atoms with Gasteiger partial charge in [-0.15, -0.1) is 0 Å². The van der Waals surface area contributed by atoms with E-state index >= 15 is 0 Å². The fourth-order valence-corrected chi connectivity index (χ4v) is 1.13. The standard InChI is InChI=1S/C12H17NO2/c1-8(2)7-15-12(14)10-4-5-11(13)9(3)6-10/h4-6,8H,7,13H2,1-3H3. The largest absolute Gasteiger partial charge is 0.462 e. The molecule has 0 aliphatic carbocycles. The number of carbonyl (C=O) groups is 1. The summed E-state index contributed by atoms with van der Waals surface area (Å²) in [6, 6.07) is 5.16. The summed E-state index contributed by atoms with van der Waals surface area (Å²) in [5.74, 6) is 0.0654. The molecule has 0 amide bonds. The molecule has 3 nitrogen and oxygen atoms in total. The van der Waals surface area contributed by atoms with Gasteiger partial charge in [-0.05, 0) is 36.6 Å². The van der Waals surface area contributed by atoms with Crippen molar-refractivity contribution in [3.05, 3.63) is 29.3 Å². The zero-order chi connectivity index (χ0) is 11.4. The number of nitrogen functional groups attached to an aromatic ring is 1. The van der Waals surface area contributed by atoms with Crippen LogP contribution in [0.15, 0.2) is 18.2 Å². The molecular weight excluding hydrogens is 190 g/mol. The molecule has 0 saturated carbocycles. The molecule has 3 heteroatoms. The van der Waals surface area contributed by atoms with Crippen LogP contribution in [-0.2, 0) is 4.74 Å². The second-order valence-corrected chi connectivity index (χ2v) is 4.06. The van der Waals surface area contributed by atoms with E-state index in [9.17, 15) is 4.79 Å². The van der Waals surface area contributed by atoms with E-state index in [1.807, 2.05) is 20.8 Å². The molecule has 0 aromatic heterocycles. The summed E-state index contributed by atoms with van der Waals surface area (Å²) in [6.45, 7) is 6.32. The van der Waals surface area contributed by atoms with Gasteiger partial charge in [0.15, 0.2) is 0 Å². The van der Waals surface area contributed by atoms with Crippen LogP contribution in [0.25, 0.3) is 0 Å². The molecule has 0 saturated heterocycles. The molecule has 0 spiro atoms. The van der Waals surface area contributed by atoms with E-state index in [4.69, 9.17) is 10.5 Å². The van der Waals surface area contributed by atoms with Gasteiger partial charge < -0.3 is 10.5 Å². The summed E-state index contributed by atoms with van der Waals surface area (Å²) in [4.78, 5) is 11.5. The van der Waals surface area contributed by atoms with Gasteiger partial charge in [0.1, 0.15) is 0 Å². The van der Waals surface area contributed by atoms with Crippen molar-refractivity contribution in [1.29, 1.82) is 0 Å². The fraction of sp³-hybridized carbons (Fsp3) is 0.417. The molecule has 0 atom stereocenters. The second-order valence-electron chi connectivity index (χ2n) is 4.06. The van der Waals surface area contributed by atoms with Crippen LogP contribution in [0.2, 0.25) is 0 Å². The third-order valence-corrected chi connectivity index (χ3v) is 2.05. The van der Waals surface area contributed by atoms with Crippen LogP contribution in [0.4, 0.5) is 5.69 Å². The van der Waals surface area contributed by atoms with Gasteiger partial charge in [0.2, 0.25) is 0 Å². The molecule has 82 valence electrons. The zero-order valence-corrected chi connectivity index (χ0v) is 9.41. The first-order chi connectivity index (χ1) is 7.00. The molecule has 1 aromatic carbocycles. The first kappa shape index (κ1) is 11.6. The first-order valence-electron chi connectivity index (χ1n) is 5.04. The van der Waals surface area contributed by atoms with E-state index < -0.39 is 0 Å². The Kier molecular flexibility index (Phi) is 3.72. The van der Waals surface area contributed by atoms with Gasteiger partial charge in [0.25, 0.3) is 0 Å². The molecule has 2 N–H and O–H groups in total. The maximum absolute atomic E-state index is 11.5. The third kappa shape index (κ3) is 3.27. The number of hydrogen-bond donors (Lipinski definition) is 1. The van der Waals surface area contributed by atoms with Crippen LogP contribution in [-0.4, -0.2) is 12.6 Å². The second kappa shape index (κ2) is 4.82. The van der Waals surface area contributed by atoms with Gasteiger partial charge in [0.05, 0.1) is 12.2 Å². The number of rotatable bonds is 3. The minimum Gasteiger partial charge on any atom is -0.462 e. The molecule has 15 heavy (non-hydrogen) atoms. The molecule has 0 bridgehead atoms. The Hall–Kier alpha value is -1.51. The predicted octanol–water partition coefficient (Wildman–Crippen LogP) is 2.39. The normalized spacial score (nSPS) is 10.4. The van der Waals surface area contributed by atoms with Gasteiger partial charge in [-0.3, -0.25) is 0 Å². The van der Waals surface area contributed by atoms with E-state index in [-0.39, 0.29) is 5.97 Å². The Morgan fingerprint density at radius 2 is 2.13 bits per heavy atom. The highest BCUT2D eigenvalue weighted by Gasteiger charge is 2.08. The highest BCUT2D eigenvalue weighted by Crippen LogP contribution is 2.13. The molecule has 1 rings (SSSR count). The Morgan fingerprint density at radius 1 is 1.47 bits per heavy atom. The van der Waals surface area contributed by atoms with E-state index in [1.54, 1.807) is 18.2 Å².